The number of amides is 1. The summed E-state index contributed by atoms with van der Waals surface area (Å²) in [6.45, 7) is 3.84. The fourth-order valence-corrected chi connectivity index (χ4v) is 1.52. The molecular weight excluding hydrogens is 301 g/mol. The van der Waals surface area contributed by atoms with Gasteiger partial charge in [0.1, 0.15) is 0 Å². The van der Waals surface area contributed by atoms with Crippen LogP contribution < -0.4 is 5.32 Å². The van der Waals surface area contributed by atoms with E-state index in [0.29, 0.717) is 0 Å². The molecule has 1 amide bonds. The van der Waals surface area contributed by atoms with Crippen molar-refractivity contribution in [3.8, 4) is 0 Å². The summed E-state index contributed by atoms with van der Waals surface area (Å²) in [5.41, 5.74) is 1.60. The molecule has 2 nitrogen and oxygen atoms in total. The topological polar surface area (TPSA) is 29.1 Å². The third kappa shape index (κ3) is 4.03. The van der Waals surface area contributed by atoms with Gasteiger partial charge < -0.3 is 5.32 Å². The summed E-state index contributed by atoms with van der Waals surface area (Å²) in [6, 6.07) is 7.74. The van der Waals surface area contributed by atoms with E-state index in [-0.39, 0.29) is 5.91 Å². The van der Waals surface area contributed by atoms with E-state index in [1.165, 1.54) is 0 Å². The summed E-state index contributed by atoms with van der Waals surface area (Å²) in [4.78, 5) is 11.6. The molecule has 15 heavy (non-hydrogen) atoms. The molecule has 3 heteroatoms. The molecule has 0 fully saturated rings. The van der Waals surface area contributed by atoms with Crippen LogP contribution in [0.2, 0.25) is 0 Å². The van der Waals surface area contributed by atoms with Crippen LogP contribution in [0.3, 0.4) is 0 Å². The maximum Gasteiger partial charge on any atom is 0.250 e. The summed E-state index contributed by atoms with van der Waals surface area (Å²) in [5.74, 6) is -0.0296. The van der Waals surface area contributed by atoms with Crippen LogP contribution in [0.25, 0.3) is 0 Å². The smallest absolute Gasteiger partial charge is 0.250 e. The summed E-state index contributed by atoms with van der Waals surface area (Å²) in [7, 11) is 0. The lowest BCUT2D eigenvalue weighted by atomic mass is 10.2. The van der Waals surface area contributed by atoms with Crippen LogP contribution in [0.15, 0.2) is 35.9 Å². The van der Waals surface area contributed by atoms with E-state index in [2.05, 4.69) is 27.9 Å². The van der Waals surface area contributed by atoms with E-state index < -0.39 is 0 Å². The zero-order valence-electron chi connectivity index (χ0n) is 8.88. The molecule has 0 saturated heterocycles. The van der Waals surface area contributed by atoms with Crippen LogP contribution in [0, 0.1) is 3.57 Å². The minimum Gasteiger partial charge on any atom is -0.322 e. The Labute approximate surface area is 104 Å². The Morgan fingerprint density at radius 1 is 1.40 bits per heavy atom. The van der Waals surface area contributed by atoms with Crippen molar-refractivity contribution in [2.75, 3.05) is 5.32 Å². The second kappa shape index (κ2) is 5.90. The number of carbonyl (C=O) groups excluding carboxylic acids is 1. The summed E-state index contributed by atoms with van der Waals surface area (Å²) in [5, 5.41) is 2.84. The lowest BCUT2D eigenvalue weighted by Crippen LogP contribution is -2.12. The van der Waals surface area contributed by atoms with Gasteiger partial charge in [0.15, 0.2) is 0 Å². The molecule has 0 aromatic heterocycles. The van der Waals surface area contributed by atoms with E-state index in [1.807, 2.05) is 44.2 Å². The Bertz CT molecular complexity index is 368. The highest BCUT2D eigenvalue weighted by Crippen LogP contribution is 2.12. The molecule has 80 valence electrons. The number of hydrogen-bond acceptors (Lipinski definition) is 1. The van der Waals surface area contributed by atoms with Crippen molar-refractivity contribution in [3.63, 3.8) is 0 Å². The molecule has 0 radical (unpaired) electrons. The maximum atomic E-state index is 11.6. The second-order valence-corrected chi connectivity index (χ2v) is 4.50. The summed E-state index contributed by atoms with van der Waals surface area (Å²) < 4.78 is 1.16. The van der Waals surface area contributed by atoms with Crippen LogP contribution >= 0.6 is 22.6 Å². The first kappa shape index (κ1) is 12.2. The molecular formula is C12H14INO. The first-order chi connectivity index (χ1) is 7.13. The monoisotopic (exact) mass is 315 g/mol. The molecule has 0 aliphatic rings. The Morgan fingerprint density at radius 3 is 2.53 bits per heavy atom. The Hall–Kier alpha value is -0.840. The number of halogens is 1. The highest BCUT2D eigenvalue weighted by Gasteiger charge is 2.03. The Kier molecular flexibility index (Phi) is 4.81. The van der Waals surface area contributed by atoms with Gasteiger partial charge in [-0.1, -0.05) is 13.0 Å². The van der Waals surface area contributed by atoms with Crippen LogP contribution in [0.1, 0.15) is 20.3 Å². The summed E-state index contributed by atoms with van der Waals surface area (Å²) >= 11 is 2.23. The third-order valence-electron chi connectivity index (χ3n) is 1.97. The van der Waals surface area contributed by atoms with Crippen molar-refractivity contribution in [1.29, 1.82) is 0 Å². The minimum atomic E-state index is -0.0296. The van der Waals surface area contributed by atoms with E-state index in [1.54, 1.807) is 0 Å². The fraction of sp³-hybridized carbons (Fsp3) is 0.250. The number of nitrogens with one attached hydrogen (secondary N) is 1. The normalized spacial score (nSPS) is 11.3. The molecule has 1 rings (SSSR count). The van der Waals surface area contributed by atoms with Crippen LogP contribution in [-0.2, 0) is 4.79 Å². The molecule has 0 spiro atoms. The third-order valence-corrected chi connectivity index (χ3v) is 2.69. The molecule has 0 heterocycles. The lowest BCUT2D eigenvalue weighted by Gasteiger charge is -2.05. The van der Waals surface area contributed by atoms with Gasteiger partial charge >= 0.3 is 0 Å². The molecule has 0 aliphatic carbocycles. The van der Waals surface area contributed by atoms with Gasteiger partial charge in [0.05, 0.1) is 0 Å². The van der Waals surface area contributed by atoms with Crippen molar-refractivity contribution in [1.82, 2.24) is 0 Å². The number of benzene rings is 1. The lowest BCUT2D eigenvalue weighted by molar-refractivity contribution is -0.112. The Morgan fingerprint density at radius 2 is 2.00 bits per heavy atom. The van der Waals surface area contributed by atoms with Crippen LogP contribution in [0.5, 0.6) is 0 Å². The van der Waals surface area contributed by atoms with E-state index >= 15 is 0 Å². The van der Waals surface area contributed by atoms with E-state index in [4.69, 9.17) is 0 Å². The van der Waals surface area contributed by atoms with Crippen molar-refractivity contribution < 1.29 is 4.79 Å². The van der Waals surface area contributed by atoms with Gasteiger partial charge in [0.25, 0.3) is 5.91 Å². The highest BCUT2D eigenvalue weighted by atomic mass is 127. The Balaban J connectivity index is 2.66. The maximum absolute atomic E-state index is 11.6. The van der Waals surface area contributed by atoms with Gasteiger partial charge in [-0.25, -0.2) is 0 Å². The van der Waals surface area contributed by atoms with Gasteiger partial charge in [0.2, 0.25) is 0 Å². The van der Waals surface area contributed by atoms with Gasteiger partial charge in [0, 0.05) is 14.8 Å². The summed E-state index contributed by atoms with van der Waals surface area (Å²) in [6.07, 6.45) is 2.80. The number of carbonyl (C=O) groups is 1. The molecule has 1 aromatic carbocycles. The molecule has 0 bridgehead atoms. The number of anilines is 1. The van der Waals surface area contributed by atoms with Gasteiger partial charge in [-0.3, -0.25) is 4.79 Å². The predicted octanol–water partition coefficient (Wildman–Crippen LogP) is 3.59. The predicted molar refractivity (Wildman–Crippen MR) is 71.8 cm³/mol. The quantitative estimate of drug-likeness (QED) is 0.670. The number of hydrogen-bond donors (Lipinski definition) is 1. The number of allylic oxidation sites excluding steroid dienone is 1. The van der Waals surface area contributed by atoms with Crippen molar-refractivity contribution in [3.05, 3.63) is 39.5 Å². The van der Waals surface area contributed by atoms with Crippen LogP contribution in [-0.4, -0.2) is 5.91 Å². The number of rotatable bonds is 3. The van der Waals surface area contributed by atoms with E-state index in [0.717, 1.165) is 21.3 Å². The average molecular weight is 315 g/mol. The molecule has 0 saturated carbocycles. The second-order valence-electron chi connectivity index (χ2n) is 3.26. The molecule has 0 aliphatic heterocycles. The van der Waals surface area contributed by atoms with E-state index in [9.17, 15) is 4.79 Å². The van der Waals surface area contributed by atoms with Crippen molar-refractivity contribution in [2.45, 2.75) is 20.3 Å². The standard InChI is InChI=1S/C12H14INO/c1-3-4-9(2)12(15)14-11-7-5-10(13)6-8-11/h4-8H,3H2,1-2H3,(H,14,15). The zero-order chi connectivity index (χ0) is 11.3. The first-order valence-electron chi connectivity index (χ1n) is 4.87. The highest BCUT2D eigenvalue weighted by molar-refractivity contribution is 14.1. The largest absolute Gasteiger partial charge is 0.322 e. The molecule has 0 unspecified atom stereocenters. The van der Waals surface area contributed by atoms with Gasteiger partial charge in [-0.15, -0.1) is 0 Å². The molecule has 0 atom stereocenters. The van der Waals surface area contributed by atoms with Gasteiger partial charge in [-0.05, 0) is 60.2 Å². The molecule has 1 aromatic rings. The first-order valence-corrected chi connectivity index (χ1v) is 5.95. The SMILES string of the molecule is CCC=C(C)C(=O)Nc1ccc(I)cc1. The van der Waals surface area contributed by atoms with Gasteiger partial charge in [-0.2, -0.15) is 0 Å². The fourth-order valence-electron chi connectivity index (χ4n) is 1.16. The van der Waals surface area contributed by atoms with Crippen LogP contribution in [0.4, 0.5) is 5.69 Å². The van der Waals surface area contributed by atoms with Crippen molar-refractivity contribution in [2.24, 2.45) is 0 Å². The minimum absolute atomic E-state index is 0.0296. The average Bonchev–Trinajstić information content (AvgIpc) is 2.22. The van der Waals surface area contributed by atoms with Crippen molar-refractivity contribution >= 4 is 34.2 Å². The zero-order valence-corrected chi connectivity index (χ0v) is 11.0. The molecule has 1 N–H and O–H groups in total.